The molecule has 1 atom stereocenters. The van der Waals surface area contributed by atoms with E-state index >= 15 is 0 Å². The number of nitrogens with one attached hydrogen (secondary N) is 2. The molecule has 114 valence electrons. The molecule has 0 fully saturated rings. The van der Waals surface area contributed by atoms with Crippen molar-refractivity contribution in [2.75, 3.05) is 5.32 Å². The molecule has 0 heterocycles. The van der Waals surface area contributed by atoms with Crippen molar-refractivity contribution in [3.63, 3.8) is 0 Å². The van der Waals surface area contributed by atoms with Crippen molar-refractivity contribution in [3.05, 3.63) is 23.8 Å². The average Bonchev–Trinajstić information content (AvgIpc) is 2.34. The van der Waals surface area contributed by atoms with Gasteiger partial charge in [0.05, 0.1) is 0 Å². The number of aromatic hydroxyl groups is 1. The number of anilines is 1. The first-order valence-electron chi connectivity index (χ1n) is 6.15. The van der Waals surface area contributed by atoms with E-state index < -0.39 is 29.7 Å². The number of carbonyl (C=O) groups is 3. The Hall–Kier alpha value is -2.77. The summed E-state index contributed by atoms with van der Waals surface area (Å²) >= 11 is 0. The highest BCUT2D eigenvalue weighted by atomic mass is 16.4. The molecule has 0 bridgehead atoms. The lowest BCUT2D eigenvalue weighted by Crippen LogP contribution is -2.49. The predicted molar refractivity (Wildman–Crippen MR) is 75.0 cm³/mol. The summed E-state index contributed by atoms with van der Waals surface area (Å²) in [6.45, 7) is 3.45. The Balaban J connectivity index is 2.89. The molecule has 1 aromatic carbocycles. The van der Waals surface area contributed by atoms with Gasteiger partial charge in [0.1, 0.15) is 17.4 Å². The quantitative estimate of drug-likeness (QED) is 0.544. The molecule has 1 unspecified atom stereocenters. The monoisotopic (exact) mass is 295 g/mol. The van der Waals surface area contributed by atoms with Crippen LogP contribution in [0.4, 0.5) is 10.5 Å². The first-order chi connectivity index (χ1) is 9.72. The van der Waals surface area contributed by atoms with Crippen LogP contribution in [0.2, 0.25) is 0 Å². The van der Waals surface area contributed by atoms with E-state index in [1.54, 1.807) is 13.8 Å². The molecule has 0 aromatic heterocycles. The largest absolute Gasteiger partial charge is 0.507 e. The summed E-state index contributed by atoms with van der Waals surface area (Å²) < 4.78 is 0. The first kappa shape index (κ1) is 16.3. The van der Waals surface area contributed by atoms with Gasteiger partial charge < -0.3 is 26.6 Å². The van der Waals surface area contributed by atoms with Crippen LogP contribution in [-0.2, 0) is 4.79 Å². The number of carboxylic acid groups (broad SMARTS) is 1. The Morgan fingerprint density at radius 2 is 1.86 bits per heavy atom. The van der Waals surface area contributed by atoms with Crippen molar-refractivity contribution < 1.29 is 24.6 Å². The van der Waals surface area contributed by atoms with Crippen LogP contribution in [0.3, 0.4) is 0 Å². The maximum atomic E-state index is 12.0. The summed E-state index contributed by atoms with van der Waals surface area (Å²) in [5.74, 6) is -2.47. The van der Waals surface area contributed by atoms with Gasteiger partial charge in [-0.3, -0.25) is 4.79 Å². The van der Waals surface area contributed by atoms with Gasteiger partial charge in [-0.1, -0.05) is 13.8 Å². The number of carbonyl (C=O) groups excluding carboxylic acids is 2. The van der Waals surface area contributed by atoms with Gasteiger partial charge in [0.25, 0.3) is 0 Å². The molecule has 1 rings (SSSR count). The molecule has 8 heteroatoms. The number of urea groups is 1. The van der Waals surface area contributed by atoms with Crippen LogP contribution >= 0.6 is 0 Å². The minimum Gasteiger partial charge on any atom is -0.507 e. The number of benzene rings is 1. The molecule has 0 radical (unpaired) electrons. The Morgan fingerprint density at radius 3 is 2.29 bits per heavy atom. The van der Waals surface area contributed by atoms with Crippen LogP contribution in [-0.4, -0.2) is 34.2 Å². The number of hydrogen-bond donors (Lipinski definition) is 5. The van der Waals surface area contributed by atoms with E-state index in [0.29, 0.717) is 0 Å². The molecule has 0 saturated carbocycles. The molecule has 21 heavy (non-hydrogen) atoms. The Kier molecular flexibility index (Phi) is 5.12. The molecular formula is C13H17N3O5. The molecule has 3 amide bonds. The highest BCUT2D eigenvalue weighted by molar-refractivity contribution is 5.98. The van der Waals surface area contributed by atoms with Gasteiger partial charge in [-0.25, -0.2) is 9.59 Å². The van der Waals surface area contributed by atoms with Crippen LogP contribution in [0, 0.1) is 5.92 Å². The maximum absolute atomic E-state index is 12.0. The van der Waals surface area contributed by atoms with E-state index in [4.69, 9.17) is 10.8 Å². The lowest BCUT2D eigenvalue weighted by molar-refractivity contribution is -0.118. The van der Waals surface area contributed by atoms with Gasteiger partial charge in [-0.15, -0.1) is 0 Å². The van der Waals surface area contributed by atoms with Gasteiger partial charge in [0.15, 0.2) is 0 Å². The van der Waals surface area contributed by atoms with Gasteiger partial charge in [0, 0.05) is 11.8 Å². The second-order valence-electron chi connectivity index (χ2n) is 4.76. The van der Waals surface area contributed by atoms with Gasteiger partial charge >= 0.3 is 12.0 Å². The number of hydrogen-bond acceptors (Lipinski definition) is 4. The zero-order chi connectivity index (χ0) is 16.2. The van der Waals surface area contributed by atoms with E-state index in [9.17, 15) is 19.5 Å². The Bertz CT molecular complexity index is 571. The Morgan fingerprint density at radius 1 is 1.24 bits per heavy atom. The summed E-state index contributed by atoms with van der Waals surface area (Å²) in [5.41, 5.74) is 4.94. The number of nitrogens with two attached hydrogens (primary N) is 1. The minimum absolute atomic E-state index is 0.204. The third-order valence-electron chi connectivity index (χ3n) is 2.74. The zero-order valence-corrected chi connectivity index (χ0v) is 11.6. The van der Waals surface area contributed by atoms with Crippen LogP contribution in [0.1, 0.15) is 24.2 Å². The van der Waals surface area contributed by atoms with Crippen LogP contribution in [0.5, 0.6) is 5.75 Å². The van der Waals surface area contributed by atoms with E-state index in [-0.39, 0.29) is 17.2 Å². The molecule has 0 aliphatic heterocycles. The second-order valence-corrected chi connectivity index (χ2v) is 4.76. The van der Waals surface area contributed by atoms with E-state index in [1.165, 1.54) is 12.1 Å². The van der Waals surface area contributed by atoms with Crippen molar-refractivity contribution in [2.24, 2.45) is 11.7 Å². The predicted octanol–water partition coefficient (Wildman–Crippen LogP) is 0.722. The van der Waals surface area contributed by atoms with Crippen molar-refractivity contribution in [2.45, 2.75) is 19.9 Å². The molecule has 8 nitrogen and oxygen atoms in total. The van der Waals surface area contributed by atoms with Crippen molar-refractivity contribution in [1.82, 2.24) is 5.32 Å². The number of carboxylic acids is 1. The SMILES string of the molecule is CC(C)C(NC(N)=O)C(=O)Nc1ccc(C(=O)O)c(O)c1. The number of phenols is 1. The fourth-order valence-electron chi connectivity index (χ4n) is 1.70. The van der Waals surface area contributed by atoms with Gasteiger partial charge in [-0.05, 0) is 18.1 Å². The summed E-state index contributed by atoms with van der Waals surface area (Å²) in [6, 6.07) is 1.95. The molecule has 6 N–H and O–H groups in total. The first-order valence-corrected chi connectivity index (χ1v) is 6.15. The van der Waals surface area contributed by atoms with E-state index in [0.717, 1.165) is 6.07 Å². The third-order valence-corrected chi connectivity index (χ3v) is 2.74. The van der Waals surface area contributed by atoms with Crippen molar-refractivity contribution in [1.29, 1.82) is 0 Å². The topological polar surface area (TPSA) is 142 Å². The second kappa shape index (κ2) is 6.60. The maximum Gasteiger partial charge on any atom is 0.339 e. The molecule has 0 spiro atoms. The van der Waals surface area contributed by atoms with Crippen LogP contribution in [0.25, 0.3) is 0 Å². The summed E-state index contributed by atoms with van der Waals surface area (Å²) in [5, 5.41) is 23.1. The van der Waals surface area contributed by atoms with Crippen molar-refractivity contribution in [3.8, 4) is 5.75 Å². The number of primary amides is 1. The summed E-state index contributed by atoms with van der Waals surface area (Å²) in [7, 11) is 0. The standard InChI is InChI=1S/C13H17N3O5/c1-6(2)10(16-13(14)21)11(18)15-7-3-4-8(12(19)20)9(17)5-7/h3-6,10,17H,1-2H3,(H,15,18)(H,19,20)(H3,14,16,21). The molecule has 0 saturated heterocycles. The third kappa shape index (κ3) is 4.37. The highest BCUT2D eigenvalue weighted by Crippen LogP contribution is 2.22. The smallest absolute Gasteiger partial charge is 0.339 e. The highest BCUT2D eigenvalue weighted by Gasteiger charge is 2.23. The number of aromatic carboxylic acids is 1. The summed E-state index contributed by atoms with van der Waals surface area (Å²) in [6.07, 6.45) is 0. The fourth-order valence-corrected chi connectivity index (χ4v) is 1.70. The molecule has 0 aliphatic rings. The van der Waals surface area contributed by atoms with E-state index in [1.807, 2.05) is 0 Å². The normalized spacial score (nSPS) is 11.8. The number of amides is 3. The Labute approximate surface area is 120 Å². The zero-order valence-electron chi connectivity index (χ0n) is 11.6. The molecule has 1 aromatic rings. The minimum atomic E-state index is -1.28. The fraction of sp³-hybridized carbons (Fsp3) is 0.308. The van der Waals surface area contributed by atoms with Gasteiger partial charge in [0.2, 0.25) is 5.91 Å². The number of rotatable bonds is 5. The van der Waals surface area contributed by atoms with E-state index in [2.05, 4.69) is 10.6 Å². The van der Waals surface area contributed by atoms with Crippen LogP contribution in [0.15, 0.2) is 18.2 Å². The lowest BCUT2D eigenvalue weighted by Gasteiger charge is -2.20. The van der Waals surface area contributed by atoms with Crippen molar-refractivity contribution >= 4 is 23.6 Å². The lowest BCUT2D eigenvalue weighted by atomic mass is 10.0. The van der Waals surface area contributed by atoms with Crippen LogP contribution < -0.4 is 16.4 Å². The summed E-state index contributed by atoms with van der Waals surface area (Å²) in [4.78, 5) is 33.7. The average molecular weight is 295 g/mol. The van der Waals surface area contributed by atoms with Gasteiger partial charge in [-0.2, -0.15) is 0 Å². The molecular weight excluding hydrogens is 278 g/mol. The molecule has 0 aliphatic carbocycles.